The van der Waals surface area contributed by atoms with Gasteiger partial charge in [0.05, 0.1) is 16.8 Å². The van der Waals surface area contributed by atoms with Gasteiger partial charge in [0.15, 0.2) is 5.75 Å². The molecule has 4 heteroatoms. The zero-order chi connectivity index (χ0) is 13.1. The quantitative estimate of drug-likeness (QED) is 0.828. The van der Waals surface area contributed by atoms with Gasteiger partial charge in [-0.25, -0.2) is 0 Å². The molecule has 0 saturated heterocycles. The van der Waals surface area contributed by atoms with Crippen molar-refractivity contribution >= 4 is 33.2 Å². The molecule has 0 radical (unpaired) electrons. The second-order valence-corrected chi connectivity index (χ2v) is 6.15. The molecular formula is C14H19BrClNO. The Bertz CT molecular complexity index is 425. The molecule has 1 N–H and O–H groups in total. The van der Waals surface area contributed by atoms with Gasteiger partial charge in [-0.05, 0) is 53.7 Å². The summed E-state index contributed by atoms with van der Waals surface area (Å²) in [5.41, 5.74) is 0.995. The molecule has 1 aromatic carbocycles. The van der Waals surface area contributed by atoms with Gasteiger partial charge in [0.25, 0.3) is 0 Å². The molecule has 0 aromatic heterocycles. The zero-order valence-corrected chi connectivity index (χ0v) is 13.1. The van der Waals surface area contributed by atoms with E-state index in [-0.39, 0.29) is 0 Å². The van der Waals surface area contributed by atoms with Crippen LogP contribution in [0.5, 0.6) is 5.75 Å². The Morgan fingerprint density at radius 2 is 2.22 bits per heavy atom. The fourth-order valence-electron chi connectivity index (χ4n) is 2.52. The maximum atomic E-state index is 6.12. The van der Waals surface area contributed by atoms with Gasteiger partial charge in [-0.15, -0.1) is 0 Å². The van der Waals surface area contributed by atoms with Crippen LogP contribution in [-0.2, 0) is 0 Å². The van der Waals surface area contributed by atoms with E-state index < -0.39 is 0 Å². The maximum Gasteiger partial charge on any atom is 0.156 e. The number of rotatable bonds is 4. The molecule has 1 aliphatic carbocycles. The molecule has 18 heavy (non-hydrogen) atoms. The van der Waals surface area contributed by atoms with Crippen LogP contribution in [-0.4, -0.2) is 12.6 Å². The fourth-order valence-corrected chi connectivity index (χ4v) is 3.44. The van der Waals surface area contributed by atoms with Crippen LogP contribution in [0, 0.1) is 5.92 Å². The predicted molar refractivity (Wildman–Crippen MR) is 80.7 cm³/mol. The van der Waals surface area contributed by atoms with Crippen molar-refractivity contribution in [3.05, 3.63) is 21.6 Å². The first-order chi connectivity index (χ1) is 8.61. The van der Waals surface area contributed by atoms with Gasteiger partial charge in [0, 0.05) is 11.1 Å². The fraction of sp³-hybridized carbons (Fsp3) is 0.571. The molecule has 2 atom stereocenters. The minimum absolute atomic E-state index is 0.523. The summed E-state index contributed by atoms with van der Waals surface area (Å²) in [7, 11) is 0. The van der Waals surface area contributed by atoms with Crippen LogP contribution >= 0.6 is 27.5 Å². The number of anilines is 1. The van der Waals surface area contributed by atoms with Crippen LogP contribution in [0.25, 0.3) is 0 Å². The van der Waals surface area contributed by atoms with Gasteiger partial charge in [-0.2, -0.15) is 0 Å². The molecule has 0 bridgehead atoms. The molecule has 2 nitrogen and oxygen atoms in total. The smallest absolute Gasteiger partial charge is 0.156 e. The lowest BCUT2D eigenvalue weighted by Crippen LogP contribution is -2.22. The standard InChI is InChI=1S/C14H19BrClNO/c1-3-18-14-11(15)7-10(16)8-13(14)17-12-6-4-5-9(12)2/h7-9,12,17H,3-6H2,1-2H3. The second kappa shape index (κ2) is 6.16. The normalized spacial score (nSPS) is 23.1. The average Bonchev–Trinajstić information content (AvgIpc) is 2.69. The van der Waals surface area contributed by atoms with E-state index in [2.05, 4.69) is 28.2 Å². The zero-order valence-electron chi connectivity index (χ0n) is 10.8. The molecule has 1 fully saturated rings. The lowest BCUT2D eigenvalue weighted by molar-refractivity contribution is 0.339. The molecule has 2 unspecified atom stereocenters. The van der Waals surface area contributed by atoms with Gasteiger partial charge in [0.2, 0.25) is 0 Å². The van der Waals surface area contributed by atoms with E-state index in [1.807, 2.05) is 19.1 Å². The van der Waals surface area contributed by atoms with Crippen molar-refractivity contribution in [2.45, 2.75) is 39.2 Å². The predicted octanol–water partition coefficient (Wildman–Crippen LogP) is 5.10. The van der Waals surface area contributed by atoms with Gasteiger partial charge in [-0.3, -0.25) is 0 Å². The van der Waals surface area contributed by atoms with Gasteiger partial charge < -0.3 is 10.1 Å². The summed E-state index contributed by atoms with van der Waals surface area (Å²) in [4.78, 5) is 0. The van der Waals surface area contributed by atoms with Crippen LogP contribution in [0.1, 0.15) is 33.1 Å². The van der Waals surface area contributed by atoms with Crippen molar-refractivity contribution in [1.82, 2.24) is 0 Å². The Hall–Kier alpha value is -0.410. The number of hydrogen-bond acceptors (Lipinski definition) is 2. The summed E-state index contributed by atoms with van der Waals surface area (Å²) in [6, 6.07) is 4.34. The largest absolute Gasteiger partial charge is 0.491 e. The first-order valence-corrected chi connectivity index (χ1v) is 7.67. The number of nitrogens with one attached hydrogen (secondary N) is 1. The number of halogens is 2. The van der Waals surface area contributed by atoms with Crippen molar-refractivity contribution in [3.63, 3.8) is 0 Å². The highest BCUT2D eigenvalue weighted by Gasteiger charge is 2.24. The molecule has 2 rings (SSSR count). The molecule has 0 aliphatic heterocycles. The Kier molecular flexibility index (Phi) is 4.79. The van der Waals surface area contributed by atoms with Crippen molar-refractivity contribution in [2.75, 3.05) is 11.9 Å². The Labute approximate surface area is 122 Å². The van der Waals surface area contributed by atoms with Gasteiger partial charge in [-0.1, -0.05) is 24.9 Å². The summed E-state index contributed by atoms with van der Waals surface area (Å²) >= 11 is 9.63. The van der Waals surface area contributed by atoms with E-state index in [9.17, 15) is 0 Å². The summed E-state index contributed by atoms with van der Waals surface area (Å²) in [6.07, 6.45) is 3.81. The summed E-state index contributed by atoms with van der Waals surface area (Å²) in [5, 5.41) is 4.31. The monoisotopic (exact) mass is 331 g/mol. The number of ether oxygens (including phenoxy) is 1. The maximum absolute atomic E-state index is 6.12. The first kappa shape index (κ1) is 14.0. The highest BCUT2D eigenvalue weighted by molar-refractivity contribution is 9.10. The Morgan fingerprint density at radius 3 is 2.83 bits per heavy atom. The van der Waals surface area contributed by atoms with Gasteiger partial charge >= 0.3 is 0 Å². The molecular weight excluding hydrogens is 314 g/mol. The Balaban J connectivity index is 2.24. The lowest BCUT2D eigenvalue weighted by Gasteiger charge is -2.21. The summed E-state index contributed by atoms with van der Waals surface area (Å²) in [5.74, 6) is 1.57. The van der Waals surface area contributed by atoms with Crippen LogP contribution in [0.15, 0.2) is 16.6 Å². The van der Waals surface area contributed by atoms with Crippen LogP contribution in [0.2, 0.25) is 5.02 Å². The third-order valence-electron chi connectivity index (χ3n) is 3.50. The molecule has 1 aliphatic rings. The molecule has 0 spiro atoms. The minimum Gasteiger partial charge on any atom is -0.491 e. The second-order valence-electron chi connectivity index (χ2n) is 4.86. The van der Waals surface area contributed by atoms with Crippen molar-refractivity contribution in [1.29, 1.82) is 0 Å². The van der Waals surface area contributed by atoms with Crippen LogP contribution in [0.3, 0.4) is 0 Å². The minimum atomic E-state index is 0.523. The molecule has 1 aromatic rings. The van der Waals surface area contributed by atoms with Crippen molar-refractivity contribution < 1.29 is 4.74 Å². The van der Waals surface area contributed by atoms with E-state index in [1.165, 1.54) is 19.3 Å². The topological polar surface area (TPSA) is 21.3 Å². The van der Waals surface area contributed by atoms with E-state index >= 15 is 0 Å². The lowest BCUT2D eigenvalue weighted by atomic mass is 10.1. The van der Waals surface area contributed by atoms with E-state index in [0.29, 0.717) is 18.6 Å². The summed E-state index contributed by atoms with van der Waals surface area (Å²) < 4.78 is 6.61. The Morgan fingerprint density at radius 1 is 1.44 bits per heavy atom. The SMILES string of the molecule is CCOc1c(Br)cc(Cl)cc1NC1CCCC1C. The van der Waals surface area contributed by atoms with E-state index in [0.717, 1.165) is 20.9 Å². The highest BCUT2D eigenvalue weighted by Crippen LogP contribution is 2.39. The van der Waals surface area contributed by atoms with Crippen molar-refractivity contribution in [3.8, 4) is 5.75 Å². The van der Waals surface area contributed by atoms with E-state index in [1.54, 1.807) is 0 Å². The summed E-state index contributed by atoms with van der Waals surface area (Å²) in [6.45, 7) is 4.93. The molecule has 1 saturated carbocycles. The van der Waals surface area contributed by atoms with Gasteiger partial charge in [0.1, 0.15) is 0 Å². The first-order valence-electron chi connectivity index (χ1n) is 6.50. The number of hydrogen-bond donors (Lipinski definition) is 1. The molecule has 0 heterocycles. The average molecular weight is 333 g/mol. The van der Waals surface area contributed by atoms with Crippen LogP contribution in [0.4, 0.5) is 5.69 Å². The molecule has 100 valence electrons. The van der Waals surface area contributed by atoms with Crippen LogP contribution < -0.4 is 10.1 Å². The third-order valence-corrected chi connectivity index (χ3v) is 4.31. The van der Waals surface area contributed by atoms with Crippen molar-refractivity contribution in [2.24, 2.45) is 5.92 Å². The van der Waals surface area contributed by atoms with E-state index in [4.69, 9.17) is 16.3 Å². The highest BCUT2D eigenvalue weighted by atomic mass is 79.9. The molecule has 0 amide bonds. The number of benzene rings is 1. The third kappa shape index (κ3) is 3.12.